The van der Waals surface area contributed by atoms with Gasteiger partial charge in [0.1, 0.15) is 0 Å². The summed E-state index contributed by atoms with van der Waals surface area (Å²) in [4.78, 5) is 1.89. The Hall–Kier alpha value is -0.590. The van der Waals surface area contributed by atoms with Crippen molar-refractivity contribution in [1.29, 1.82) is 0 Å². The Morgan fingerprint density at radius 1 is 1.29 bits per heavy atom. The fourth-order valence-corrected chi connectivity index (χ4v) is 2.34. The molecule has 2 nitrogen and oxygen atoms in total. The van der Waals surface area contributed by atoms with Crippen molar-refractivity contribution in [3.8, 4) is 0 Å². The van der Waals surface area contributed by atoms with Gasteiger partial charge in [-0.05, 0) is 37.2 Å². The van der Waals surface area contributed by atoms with Crippen molar-refractivity contribution in [2.75, 3.05) is 26.7 Å². The summed E-state index contributed by atoms with van der Waals surface area (Å²) in [5.41, 5.74) is -0.268. The minimum Gasteiger partial charge on any atom is -0.315 e. The van der Waals surface area contributed by atoms with Crippen molar-refractivity contribution in [2.24, 2.45) is 5.92 Å². The number of hydrogen-bond donors (Lipinski definition) is 1. The molecule has 1 aromatic carbocycles. The second kappa shape index (κ2) is 8.15. The Kier molecular flexibility index (Phi) is 7.16. The van der Waals surface area contributed by atoms with E-state index in [1.54, 1.807) is 6.07 Å². The summed E-state index contributed by atoms with van der Waals surface area (Å²) in [6, 6.07) is 4.32. The van der Waals surface area contributed by atoms with Crippen LogP contribution in [0.25, 0.3) is 0 Å². The van der Waals surface area contributed by atoms with Crippen LogP contribution >= 0.6 is 15.9 Å². The molecule has 0 unspecified atom stereocenters. The first-order valence-corrected chi connectivity index (χ1v) is 7.74. The number of likely N-dealkylation sites (N-methyl/N-ethyl adjacent to an activating group) is 1. The van der Waals surface area contributed by atoms with E-state index < -0.39 is 11.7 Å². The lowest BCUT2D eigenvalue weighted by atomic mass is 10.1. The predicted molar refractivity (Wildman–Crippen MR) is 83.2 cm³/mol. The van der Waals surface area contributed by atoms with Crippen LogP contribution in [0.1, 0.15) is 25.0 Å². The van der Waals surface area contributed by atoms with Crippen LogP contribution in [0.2, 0.25) is 0 Å². The van der Waals surface area contributed by atoms with Crippen LogP contribution in [0.15, 0.2) is 22.7 Å². The van der Waals surface area contributed by atoms with Gasteiger partial charge in [-0.1, -0.05) is 35.8 Å². The molecule has 6 heteroatoms. The van der Waals surface area contributed by atoms with E-state index in [4.69, 9.17) is 0 Å². The normalized spacial score (nSPS) is 12.4. The minimum absolute atomic E-state index is 0.283. The fraction of sp³-hybridized carbons (Fsp3) is 0.600. The number of alkyl halides is 3. The van der Waals surface area contributed by atoms with Gasteiger partial charge in [-0.15, -0.1) is 0 Å². The molecule has 0 aliphatic heterocycles. The van der Waals surface area contributed by atoms with Gasteiger partial charge in [-0.25, -0.2) is 0 Å². The van der Waals surface area contributed by atoms with E-state index in [0.29, 0.717) is 22.5 Å². The largest absolute Gasteiger partial charge is 0.416 e. The molecule has 1 rings (SSSR count). The van der Waals surface area contributed by atoms with Crippen LogP contribution < -0.4 is 5.32 Å². The molecule has 0 fully saturated rings. The molecule has 120 valence electrons. The predicted octanol–water partition coefficient (Wildman–Crippen LogP) is 4.15. The van der Waals surface area contributed by atoms with Crippen molar-refractivity contribution in [3.63, 3.8) is 0 Å². The lowest BCUT2D eigenvalue weighted by Gasteiger charge is -2.20. The zero-order valence-corrected chi connectivity index (χ0v) is 14.2. The van der Waals surface area contributed by atoms with Gasteiger partial charge in [0.15, 0.2) is 0 Å². The minimum atomic E-state index is -4.32. The monoisotopic (exact) mass is 366 g/mol. The van der Waals surface area contributed by atoms with Gasteiger partial charge in [0, 0.05) is 24.1 Å². The Bertz CT molecular complexity index is 447. The van der Waals surface area contributed by atoms with Gasteiger partial charge in [0.25, 0.3) is 0 Å². The summed E-state index contributed by atoms with van der Waals surface area (Å²) in [6.45, 7) is 6.92. The third kappa shape index (κ3) is 6.80. The van der Waals surface area contributed by atoms with E-state index in [0.717, 1.165) is 19.2 Å². The zero-order chi connectivity index (χ0) is 16.0. The molecule has 0 aromatic heterocycles. The lowest BCUT2D eigenvalue weighted by molar-refractivity contribution is -0.138. The van der Waals surface area contributed by atoms with Crippen molar-refractivity contribution >= 4 is 15.9 Å². The maximum atomic E-state index is 13.0. The van der Waals surface area contributed by atoms with Crippen LogP contribution in [-0.4, -0.2) is 31.6 Å². The summed E-state index contributed by atoms with van der Waals surface area (Å²) in [5.74, 6) is 0.568. The van der Waals surface area contributed by atoms with Crippen LogP contribution in [0.4, 0.5) is 13.2 Å². The number of nitrogens with one attached hydrogen (secondary N) is 1. The van der Waals surface area contributed by atoms with Gasteiger partial charge in [0.2, 0.25) is 0 Å². The summed E-state index contributed by atoms with van der Waals surface area (Å²) in [7, 11) is 1.83. The maximum absolute atomic E-state index is 13.0. The second-order valence-electron chi connectivity index (χ2n) is 5.63. The third-order valence-electron chi connectivity index (χ3n) is 3.04. The SMILES string of the molecule is CC(C)CNCCN(C)Cc1ccc(Br)cc1C(F)(F)F. The zero-order valence-electron chi connectivity index (χ0n) is 12.6. The quantitative estimate of drug-likeness (QED) is 0.729. The van der Waals surface area contributed by atoms with Crippen LogP contribution in [0.3, 0.4) is 0 Å². The highest BCUT2D eigenvalue weighted by atomic mass is 79.9. The Balaban J connectivity index is 2.62. The summed E-state index contributed by atoms with van der Waals surface area (Å²) in [6.07, 6.45) is -4.32. The van der Waals surface area contributed by atoms with Gasteiger partial charge in [-0.2, -0.15) is 13.2 Å². The topological polar surface area (TPSA) is 15.3 Å². The molecule has 1 N–H and O–H groups in total. The summed E-state index contributed by atoms with van der Waals surface area (Å²) < 4.78 is 39.5. The highest BCUT2D eigenvalue weighted by Crippen LogP contribution is 2.34. The summed E-state index contributed by atoms with van der Waals surface area (Å²) in [5, 5.41) is 3.28. The highest BCUT2D eigenvalue weighted by molar-refractivity contribution is 9.10. The average molecular weight is 367 g/mol. The van der Waals surface area contributed by atoms with Crippen LogP contribution in [0, 0.1) is 5.92 Å². The van der Waals surface area contributed by atoms with Gasteiger partial charge in [-0.3, -0.25) is 0 Å². The van der Waals surface area contributed by atoms with Crippen molar-refractivity contribution in [3.05, 3.63) is 33.8 Å². The fourth-order valence-electron chi connectivity index (χ4n) is 1.98. The molecule has 0 atom stereocenters. The molecule has 0 spiro atoms. The number of halogens is 4. The number of rotatable bonds is 7. The van der Waals surface area contributed by atoms with E-state index in [-0.39, 0.29) is 6.54 Å². The lowest BCUT2D eigenvalue weighted by Crippen LogP contribution is -2.31. The molecule has 0 aliphatic carbocycles. The molecule has 0 heterocycles. The highest BCUT2D eigenvalue weighted by Gasteiger charge is 2.33. The molecular formula is C15H22BrF3N2. The van der Waals surface area contributed by atoms with Crippen molar-refractivity contribution in [1.82, 2.24) is 10.2 Å². The van der Waals surface area contributed by atoms with E-state index in [2.05, 4.69) is 35.1 Å². The van der Waals surface area contributed by atoms with Crippen LogP contribution in [-0.2, 0) is 12.7 Å². The Labute approximate surface area is 132 Å². The molecule has 0 aliphatic rings. The molecule has 0 bridgehead atoms. The first-order valence-electron chi connectivity index (χ1n) is 6.95. The van der Waals surface area contributed by atoms with E-state index in [1.807, 2.05) is 11.9 Å². The van der Waals surface area contributed by atoms with Crippen molar-refractivity contribution < 1.29 is 13.2 Å². The molecule has 0 amide bonds. The Morgan fingerprint density at radius 3 is 2.52 bits per heavy atom. The van der Waals surface area contributed by atoms with Gasteiger partial charge >= 0.3 is 6.18 Å². The number of nitrogens with zero attached hydrogens (tertiary/aromatic N) is 1. The molecule has 0 radical (unpaired) electrons. The number of benzene rings is 1. The smallest absolute Gasteiger partial charge is 0.315 e. The van der Waals surface area contributed by atoms with E-state index >= 15 is 0 Å². The molecule has 21 heavy (non-hydrogen) atoms. The molecule has 1 aromatic rings. The third-order valence-corrected chi connectivity index (χ3v) is 3.53. The van der Waals surface area contributed by atoms with Crippen molar-refractivity contribution in [2.45, 2.75) is 26.6 Å². The molecule has 0 saturated heterocycles. The maximum Gasteiger partial charge on any atom is 0.416 e. The van der Waals surface area contributed by atoms with Gasteiger partial charge < -0.3 is 10.2 Å². The van der Waals surface area contributed by atoms with E-state index in [9.17, 15) is 13.2 Å². The van der Waals surface area contributed by atoms with E-state index in [1.165, 1.54) is 6.07 Å². The number of hydrogen-bond acceptors (Lipinski definition) is 2. The Morgan fingerprint density at radius 2 is 1.95 bits per heavy atom. The molecular weight excluding hydrogens is 345 g/mol. The standard InChI is InChI=1S/C15H22BrF3N2/c1-11(2)9-20-6-7-21(3)10-12-4-5-13(16)8-14(12)15(17,18)19/h4-5,8,11,20H,6-7,9-10H2,1-3H3. The van der Waals surface area contributed by atoms with Crippen LogP contribution in [0.5, 0.6) is 0 Å². The first kappa shape index (κ1) is 18.5. The average Bonchev–Trinajstić information content (AvgIpc) is 2.35. The first-order chi connectivity index (χ1) is 9.70. The van der Waals surface area contributed by atoms with Gasteiger partial charge in [0.05, 0.1) is 5.56 Å². The summed E-state index contributed by atoms with van der Waals surface area (Å²) >= 11 is 3.10. The molecule has 0 saturated carbocycles. The second-order valence-corrected chi connectivity index (χ2v) is 6.55.